The zero-order chi connectivity index (χ0) is 20.5. The number of benzene rings is 2. The van der Waals surface area contributed by atoms with Crippen LogP contribution in [0.15, 0.2) is 42.5 Å². The van der Waals surface area contributed by atoms with E-state index in [9.17, 15) is 4.79 Å². The maximum absolute atomic E-state index is 12.0. The lowest BCUT2D eigenvalue weighted by atomic mass is 9.89. The van der Waals surface area contributed by atoms with Gasteiger partial charge in [-0.25, -0.2) is 0 Å². The Bertz CT molecular complexity index is 891. The number of thiocarbonyl (C=S) groups is 1. The van der Waals surface area contributed by atoms with Crippen LogP contribution in [0.1, 0.15) is 47.8 Å². The Hall–Kier alpha value is -2.60. The number of carbonyl (C=O) groups is 1. The van der Waals surface area contributed by atoms with Crippen LogP contribution >= 0.6 is 12.2 Å². The monoisotopic (exact) mass is 397 g/mol. The molecule has 6 heteroatoms. The number of rotatable bonds is 3. The second-order valence-electron chi connectivity index (χ2n) is 8.04. The van der Waals surface area contributed by atoms with Gasteiger partial charge in [0.1, 0.15) is 11.4 Å². The lowest BCUT2D eigenvalue weighted by Gasteiger charge is -2.38. The normalized spacial score (nSPS) is 17.1. The second-order valence-corrected chi connectivity index (χ2v) is 8.44. The first kappa shape index (κ1) is 20.1. The van der Waals surface area contributed by atoms with Gasteiger partial charge in [-0.1, -0.05) is 12.1 Å². The first-order valence-electron chi connectivity index (χ1n) is 9.33. The van der Waals surface area contributed by atoms with Crippen molar-refractivity contribution in [2.24, 2.45) is 0 Å². The zero-order valence-electron chi connectivity index (χ0n) is 17.0. The standard InChI is InChI=1S/C22H27N3O2S/c1-14-6-11-17-18(13-22(2,3)27-19(17)12-14)24-21(28)23-16-9-7-15(8-10-16)20(26)25(4)5/h6-12,18H,13H2,1-5H3,(H2,23,24,28)/t18-/m0/s1. The molecule has 0 fully saturated rings. The van der Waals surface area contributed by atoms with Gasteiger partial charge in [0.25, 0.3) is 5.91 Å². The number of hydrogen-bond donors (Lipinski definition) is 2. The molecular weight excluding hydrogens is 370 g/mol. The highest BCUT2D eigenvalue weighted by molar-refractivity contribution is 7.80. The van der Waals surface area contributed by atoms with Crippen molar-refractivity contribution in [2.45, 2.75) is 38.8 Å². The molecule has 1 heterocycles. The number of fused-ring (bicyclic) bond motifs is 1. The van der Waals surface area contributed by atoms with Gasteiger partial charge in [0.05, 0.1) is 6.04 Å². The fraction of sp³-hybridized carbons (Fsp3) is 0.364. The Morgan fingerprint density at radius 3 is 2.50 bits per heavy atom. The van der Waals surface area contributed by atoms with Gasteiger partial charge in [-0.05, 0) is 68.9 Å². The molecule has 0 unspecified atom stereocenters. The average molecular weight is 398 g/mol. The van der Waals surface area contributed by atoms with Crippen molar-refractivity contribution in [3.63, 3.8) is 0 Å². The first-order valence-corrected chi connectivity index (χ1v) is 9.74. The summed E-state index contributed by atoms with van der Waals surface area (Å²) in [6.45, 7) is 6.23. The van der Waals surface area contributed by atoms with E-state index in [0.717, 1.165) is 23.4 Å². The number of hydrogen-bond acceptors (Lipinski definition) is 3. The summed E-state index contributed by atoms with van der Waals surface area (Å²) in [4.78, 5) is 13.6. The number of ether oxygens (including phenoxy) is 1. The van der Waals surface area contributed by atoms with Crippen molar-refractivity contribution < 1.29 is 9.53 Å². The summed E-state index contributed by atoms with van der Waals surface area (Å²) in [6, 6.07) is 13.6. The second kappa shape index (κ2) is 7.80. The fourth-order valence-electron chi connectivity index (χ4n) is 3.37. The van der Waals surface area contributed by atoms with Crippen LogP contribution in [0.2, 0.25) is 0 Å². The zero-order valence-corrected chi connectivity index (χ0v) is 17.8. The maximum atomic E-state index is 12.0. The molecule has 0 aromatic heterocycles. The number of nitrogens with zero attached hydrogens (tertiary/aromatic N) is 1. The Morgan fingerprint density at radius 1 is 1.18 bits per heavy atom. The van der Waals surface area contributed by atoms with Crippen LogP contribution in [-0.2, 0) is 0 Å². The van der Waals surface area contributed by atoms with Crippen molar-refractivity contribution in [3.8, 4) is 5.75 Å². The van der Waals surface area contributed by atoms with Gasteiger partial charge in [-0.15, -0.1) is 0 Å². The molecule has 0 aliphatic carbocycles. The average Bonchev–Trinajstić information content (AvgIpc) is 2.60. The smallest absolute Gasteiger partial charge is 0.253 e. The number of anilines is 1. The van der Waals surface area contributed by atoms with Crippen LogP contribution in [0.3, 0.4) is 0 Å². The third-order valence-corrected chi connectivity index (χ3v) is 4.95. The summed E-state index contributed by atoms with van der Waals surface area (Å²) in [7, 11) is 3.48. The van der Waals surface area contributed by atoms with Gasteiger partial charge >= 0.3 is 0 Å². The number of carbonyl (C=O) groups excluding carboxylic acids is 1. The molecule has 2 aromatic carbocycles. The van der Waals surface area contributed by atoms with Crippen LogP contribution in [-0.4, -0.2) is 35.6 Å². The van der Waals surface area contributed by atoms with Crippen LogP contribution in [0.5, 0.6) is 5.75 Å². The molecule has 0 bridgehead atoms. The third-order valence-electron chi connectivity index (χ3n) is 4.73. The topological polar surface area (TPSA) is 53.6 Å². The van der Waals surface area contributed by atoms with Crippen molar-refractivity contribution in [1.29, 1.82) is 0 Å². The molecular formula is C22H27N3O2S. The Morgan fingerprint density at radius 2 is 1.86 bits per heavy atom. The quantitative estimate of drug-likeness (QED) is 0.757. The van der Waals surface area contributed by atoms with Gasteiger partial charge in [0, 0.05) is 37.3 Å². The predicted molar refractivity (Wildman–Crippen MR) is 117 cm³/mol. The highest BCUT2D eigenvalue weighted by Gasteiger charge is 2.34. The van der Waals surface area contributed by atoms with E-state index in [1.807, 2.05) is 12.1 Å². The van der Waals surface area contributed by atoms with Gasteiger partial charge in [0.15, 0.2) is 5.11 Å². The summed E-state index contributed by atoms with van der Waals surface area (Å²) in [5.74, 6) is 0.881. The molecule has 1 atom stereocenters. The molecule has 1 amide bonds. The summed E-state index contributed by atoms with van der Waals surface area (Å²) in [6.07, 6.45) is 0.807. The van der Waals surface area contributed by atoms with E-state index in [4.69, 9.17) is 17.0 Å². The van der Waals surface area contributed by atoms with E-state index < -0.39 is 0 Å². The molecule has 1 aliphatic rings. The first-order chi connectivity index (χ1) is 13.1. The SMILES string of the molecule is Cc1ccc2c(c1)OC(C)(C)C[C@@H]2NC(=S)Nc1ccc(C(=O)N(C)C)cc1. The van der Waals surface area contributed by atoms with Gasteiger partial charge in [-0.3, -0.25) is 4.79 Å². The molecule has 0 saturated carbocycles. The molecule has 28 heavy (non-hydrogen) atoms. The molecule has 0 radical (unpaired) electrons. The van der Waals surface area contributed by atoms with E-state index in [1.54, 1.807) is 31.1 Å². The van der Waals surface area contributed by atoms with E-state index in [2.05, 4.69) is 49.6 Å². The maximum Gasteiger partial charge on any atom is 0.253 e. The van der Waals surface area contributed by atoms with Crippen molar-refractivity contribution >= 4 is 28.9 Å². The highest BCUT2D eigenvalue weighted by atomic mass is 32.1. The van der Waals surface area contributed by atoms with Crippen LogP contribution < -0.4 is 15.4 Å². The summed E-state index contributed by atoms with van der Waals surface area (Å²) in [5.41, 5.74) is 3.49. The minimum atomic E-state index is -0.276. The molecule has 1 aliphatic heterocycles. The van der Waals surface area contributed by atoms with Crippen molar-refractivity contribution in [1.82, 2.24) is 10.2 Å². The molecule has 0 spiro atoms. The Kier molecular flexibility index (Phi) is 5.61. The fourth-order valence-corrected chi connectivity index (χ4v) is 3.63. The largest absolute Gasteiger partial charge is 0.487 e. The van der Waals surface area contributed by atoms with Crippen LogP contribution in [0, 0.1) is 6.92 Å². The molecule has 2 aromatic rings. The minimum absolute atomic E-state index is 0.0245. The van der Waals surface area contributed by atoms with E-state index in [0.29, 0.717) is 10.7 Å². The highest BCUT2D eigenvalue weighted by Crippen LogP contribution is 2.39. The number of amides is 1. The third kappa shape index (κ3) is 4.62. The lowest BCUT2D eigenvalue weighted by Crippen LogP contribution is -2.42. The van der Waals surface area contributed by atoms with Gasteiger partial charge in [0.2, 0.25) is 0 Å². The van der Waals surface area contributed by atoms with Gasteiger partial charge < -0.3 is 20.3 Å². The Labute approximate surface area is 172 Å². The van der Waals surface area contributed by atoms with E-state index in [-0.39, 0.29) is 17.6 Å². The van der Waals surface area contributed by atoms with Crippen LogP contribution in [0.4, 0.5) is 5.69 Å². The van der Waals surface area contributed by atoms with E-state index in [1.165, 1.54) is 5.56 Å². The molecule has 5 nitrogen and oxygen atoms in total. The summed E-state index contributed by atoms with van der Waals surface area (Å²) < 4.78 is 6.15. The van der Waals surface area contributed by atoms with Crippen LogP contribution in [0.25, 0.3) is 0 Å². The molecule has 2 N–H and O–H groups in total. The lowest BCUT2D eigenvalue weighted by molar-refractivity contribution is 0.0696. The number of aryl methyl sites for hydroxylation is 1. The van der Waals surface area contributed by atoms with Crippen molar-refractivity contribution in [2.75, 3.05) is 19.4 Å². The van der Waals surface area contributed by atoms with Crippen molar-refractivity contribution in [3.05, 3.63) is 59.2 Å². The molecule has 0 saturated heterocycles. The summed E-state index contributed by atoms with van der Waals surface area (Å²) >= 11 is 5.53. The molecule has 3 rings (SSSR count). The Balaban J connectivity index is 1.70. The van der Waals surface area contributed by atoms with Gasteiger partial charge in [-0.2, -0.15) is 0 Å². The number of nitrogens with one attached hydrogen (secondary N) is 2. The van der Waals surface area contributed by atoms with E-state index >= 15 is 0 Å². The summed E-state index contributed by atoms with van der Waals surface area (Å²) in [5, 5.41) is 7.17. The minimum Gasteiger partial charge on any atom is -0.487 e. The predicted octanol–water partition coefficient (Wildman–Crippen LogP) is 4.29. The molecule has 148 valence electrons.